The van der Waals surface area contributed by atoms with Gasteiger partial charge in [0.2, 0.25) is 10.0 Å². The third-order valence-corrected chi connectivity index (χ3v) is 5.36. The molecule has 0 saturated carbocycles. The van der Waals surface area contributed by atoms with E-state index in [1.807, 2.05) is 0 Å². The summed E-state index contributed by atoms with van der Waals surface area (Å²) in [6, 6.07) is 0. The Morgan fingerprint density at radius 3 is 2.29 bits per heavy atom. The zero-order valence-corrected chi connectivity index (χ0v) is 11.3. The molecule has 0 bridgehead atoms. The molecular formula is C7H18N4O4S2. The van der Waals surface area contributed by atoms with Crippen LogP contribution in [0.5, 0.6) is 0 Å². The quantitative estimate of drug-likeness (QED) is 0.491. The lowest BCUT2D eigenvalue weighted by atomic mass is 10.4. The first-order chi connectivity index (χ1) is 7.87. The van der Waals surface area contributed by atoms with E-state index in [1.54, 1.807) is 0 Å². The first kappa shape index (κ1) is 14.8. The molecule has 0 aromatic carbocycles. The Balaban J connectivity index is 2.44. The maximum Gasteiger partial charge on any atom is 0.279 e. The summed E-state index contributed by atoms with van der Waals surface area (Å²) in [6.45, 7) is 1.88. The van der Waals surface area contributed by atoms with Gasteiger partial charge in [-0.05, 0) is 7.05 Å². The Morgan fingerprint density at radius 2 is 1.76 bits per heavy atom. The molecule has 1 rings (SSSR count). The lowest BCUT2D eigenvalue weighted by Crippen LogP contribution is -2.51. The molecule has 0 unspecified atom stereocenters. The number of rotatable bonds is 6. The van der Waals surface area contributed by atoms with E-state index in [4.69, 9.17) is 0 Å². The number of piperazine rings is 1. The molecule has 0 radical (unpaired) electrons. The highest BCUT2D eigenvalue weighted by Gasteiger charge is 2.23. The molecular weight excluding hydrogens is 268 g/mol. The van der Waals surface area contributed by atoms with Crippen LogP contribution in [0.15, 0.2) is 0 Å². The lowest BCUT2D eigenvalue weighted by Gasteiger charge is -2.26. The van der Waals surface area contributed by atoms with Gasteiger partial charge in [0, 0.05) is 32.7 Å². The first-order valence-electron chi connectivity index (χ1n) is 5.24. The highest BCUT2D eigenvalue weighted by atomic mass is 32.2. The molecule has 1 aliphatic heterocycles. The third-order valence-electron chi connectivity index (χ3n) is 2.38. The Kier molecular flexibility index (Phi) is 5.28. The summed E-state index contributed by atoms with van der Waals surface area (Å²) in [5, 5.41) is 3.04. The van der Waals surface area contributed by atoms with Gasteiger partial charge in [-0.25, -0.2) is 17.9 Å². The van der Waals surface area contributed by atoms with E-state index in [-0.39, 0.29) is 12.3 Å². The van der Waals surface area contributed by atoms with Crippen molar-refractivity contribution in [3.8, 4) is 0 Å². The van der Waals surface area contributed by atoms with Crippen LogP contribution in [0.3, 0.4) is 0 Å². The topological polar surface area (TPSA) is 108 Å². The predicted molar refractivity (Wildman–Crippen MR) is 64.2 cm³/mol. The highest BCUT2D eigenvalue weighted by Crippen LogP contribution is 1.99. The van der Waals surface area contributed by atoms with Crippen LogP contribution in [0.2, 0.25) is 0 Å². The summed E-state index contributed by atoms with van der Waals surface area (Å²) in [7, 11) is -5.65. The standard InChI is InChI=1S/C7H18N4O4S2/c1-8-16(12,13)7-4-10-17(14,15)11-5-2-9-3-6-11/h8-10H,2-7H2,1H3. The van der Waals surface area contributed by atoms with Crippen LogP contribution >= 0.6 is 0 Å². The van der Waals surface area contributed by atoms with Gasteiger partial charge in [-0.1, -0.05) is 0 Å². The van der Waals surface area contributed by atoms with Gasteiger partial charge < -0.3 is 5.32 Å². The van der Waals surface area contributed by atoms with Gasteiger partial charge in [-0.3, -0.25) is 0 Å². The van der Waals surface area contributed by atoms with Crippen LogP contribution < -0.4 is 14.8 Å². The van der Waals surface area contributed by atoms with Crippen LogP contribution in [0.1, 0.15) is 0 Å². The van der Waals surface area contributed by atoms with Gasteiger partial charge in [0.05, 0.1) is 5.75 Å². The Hall–Kier alpha value is -0.260. The Labute approximate surface area is 102 Å². The van der Waals surface area contributed by atoms with Gasteiger partial charge in [-0.15, -0.1) is 0 Å². The third kappa shape index (κ3) is 4.85. The molecule has 1 heterocycles. The molecule has 1 fully saturated rings. The molecule has 8 nitrogen and oxygen atoms in total. The van der Waals surface area contributed by atoms with E-state index >= 15 is 0 Å². The fourth-order valence-electron chi connectivity index (χ4n) is 1.38. The predicted octanol–water partition coefficient (Wildman–Crippen LogP) is -2.72. The highest BCUT2D eigenvalue weighted by molar-refractivity contribution is 7.89. The molecule has 0 spiro atoms. The molecule has 1 saturated heterocycles. The molecule has 1 aliphatic rings. The number of sulfonamides is 1. The SMILES string of the molecule is CNS(=O)(=O)CCNS(=O)(=O)N1CCNCC1. The van der Waals surface area contributed by atoms with Crippen molar-refractivity contribution < 1.29 is 16.8 Å². The van der Waals surface area contributed by atoms with E-state index in [1.165, 1.54) is 11.4 Å². The van der Waals surface area contributed by atoms with Gasteiger partial charge in [0.25, 0.3) is 10.2 Å². The molecule has 0 atom stereocenters. The normalized spacial score (nSPS) is 19.4. The number of nitrogens with one attached hydrogen (secondary N) is 3. The lowest BCUT2D eigenvalue weighted by molar-refractivity contribution is 0.355. The summed E-state index contributed by atoms with van der Waals surface area (Å²) >= 11 is 0. The molecule has 0 aromatic heterocycles. The van der Waals surface area contributed by atoms with E-state index < -0.39 is 20.2 Å². The van der Waals surface area contributed by atoms with E-state index in [0.29, 0.717) is 26.2 Å². The Morgan fingerprint density at radius 1 is 1.18 bits per heavy atom. The van der Waals surface area contributed by atoms with Crippen LogP contribution in [0.4, 0.5) is 0 Å². The van der Waals surface area contributed by atoms with Crippen molar-refractivity contribution in [1.29, 1.82) is 0 Å². The smallest absolute Gasteiger partial charge is 0.279 e. The summed E-state index contributed by atoms with van der Waals surface area (Å²) in [4.78, 5) is 0. The maximum atomic E-state index is 11.7. The van der Waals surface area contributed by atoms with Crippen LogP contribution in [0, 0.1) is 0 Å². The number of nitrogens with zero attached hydrogens (tertiary/aromatic N) is 1. The minimum Gasteiger partial charge on any atom is -0.314 e. The zero-order chi connectivity index (χ0) is 12.9. The molecule has 3 N–H and O–H groups in total. The minimum atomic E-state index is -3.56. The van der Waals surface area contributed by atoms with E-state index in [2.05, 4.69) is 14.8 Å². The molecule has 0 aliphatic carbocycles. The van der Waals surface area contributed by atoms with Gasteiger partial charge in [-0.2, -0.15) is 12.7 Å². The second-order valence-electron chi connectivity index (χ2n) is 3.57. The largest absolute Gasteiger partial charge is 0.314 e. The summed E-state index contributed by atoms with van der Waals surface area (Å²) in [5.41, 5.74) is 0. The van der Waals surface area contributed by atoms with Crippen molar-refractivity contribution in [2.24, 2.45) is 0 Å². The van der Waals surface area contributed by atoms with Gasteiger partial charge in [0.1, 0.15) is 0 Å². The van der Waals surface area contributed by atoms with Gasteiger partial charge >= 0.3 is 0 Å². The Bertz CT molecular complexity index is 427. The fourth-order valence-corrected chi connectivity index (χ4v) is 3.29. The summed E-state index contributed by atoms with van der Waals surface area (Å²) in [6.07, 6.45) is 0. The number of hydrogen-bond acceptors (Lipinski definition) is 5. The second kappa shape index (κ2) is 6.07. The summed E-state index contributed by atoms with van der Waals surface area (Å²) < 4.78 is 51.3. The monoisotopic (exact) mass is 286 g/mol. The van der Waals surface area contributed by atoms with Crippen molar-refractivity contribution >= 4 is 20.2 Å². The van der Waals surface area contributed by atoms with E-state index in [9.17, 15) is 16.8 Å². The number of hydrogen-bond donors (Lipinski definition) is 3. The minimum absolute atomic E-state index is 0.130. The molecule has 10 heteroatoms. The zero-order valence-electron chi connectivity index (χ0n) is 9.64. The fraction of sp³-hybridized carbons (Fsp3) is 1.00. The molecule has 102 valence electrons. The van der Waals surface area contributed by atoms with Crippen molar-refractivity contribution in [3.05, 3.63) is 0 Å². The van der Waals surface area contributed by atoms with Crippen molar-refractivity contribution in [2.45, 2.75) is 0 Å². The average molecular weight is 286 g/mol. The maximum absolute atomic E-state index is 11.7. The van der Waals surface area contributed by atoms with Gasteiger partial charge in [0.15, 0.2) is 0 Å². The van der Waals surface area contributed by atoms with Crippen LogP contribution in [-0.4, -0.2) is 66.7 Å². The molecule has 17 heavy (non-hydrogen) atoms. The van der Waals surface area contributed by atoms with E-state index in [0.717, 1.165) is 0 Å². The summed E-state index contributed by atoms with van der Waals surface area (Å²) in [5.74, 6) is -0.269. The van der Waals surface area contributed by atoms with Crippen LogP contribution in [-0.2, 0) is 20.2 Å². The van der Waals surface area contributed by atoms with Crippen molar-refractivity contribution in [3.63, 3.8) is 0 Å². The average Bonchev–Trinajstić information content (AvgIpc) is 2.30. The first-order valence-corrected chi connectivity index (χ1v) is 8.33. The second-order valence-corrected chi connectivity index (χ2v) is 7.37. The van der Waals surface area contributed by atoms with Crippen molar-refractivity contribution in [2.75, 3.05) is 45.5 Å². The molecule has 0 amide bonds. The van der Waals surface area contributed by atoms with Crippen LogP contribution in [0.25, 0.3) is 0 Å². The molecule has 0 aromatic rings. The van der Waals surface area contributed by atoms with Crippen molar-refractivity contribution in [1.82, 2.24) is 19.1 Å².